The smallest absolute Gasteiger partial charge is 0.00125 e. The molecule has 0 atom stereocenters. The Labute approximate surface area is 94.6 Å². The molecule has 0 aromatic carbocycles. The van der Waals surface area contributed by atoms with Crippen LogP contribution in [0, 0.1) is 0 Å². The summed E-state index contributed by atoms with van der Waals surface area (Å²) in [6, 6.07) is 0. The Kier molecular flexibility index (Phi) is 5.46. The maximum Gasteiger partial charge on any atom is -0.00125 e. The van der Waals surface area contributed by atoms with Gasteiger partial charge in [0, 0.05) is 0 Å². The molecule has 10 heteroatoms. The number of rotatable bonds is 2. The Hall–Kier alpha value is 2.72. The molecular weight excluding hydrogens is 321 g/mol. The van der Waals surface area contributed by atoms with Crippen LogP contribution in [0.15, 0.2) is 0 Å². The lowest BCUT2D eigenvalue weighted by Crippen LogP contribution is -2.02. The van der Waals surface area contributed by atoms with E-state index in [1.54, 1.807) is 0 Å². The normalized spacial score (nSPS) is 13.8. The Bertz CT molecular complexity index is 356. The second-order valence-corrected chi connectivity index (χ2v) is 28.1. The lowest BCUT2D eigenvalue weighted by Gasteiger charge is -2.15. The van der Waals surface area contributed by atoms with Crippen molar-refractivity contribution in [3.8, 4) is 0 Å². The SMILES string of the molecule is S=[S-](=S)S(=S)(=S)S(=S)(=S)S. The summed E-state index contributed by atoms with van der Waals surface area (Å²) in [5, 5.41) is -4.04. The van der Waals surface area contributed by atoms with Gasteiger partial charge < -0.3 is 0 Å². The molecule has 0 nitrogen and oxygen atoms in total. The van der Waals surface area contributed by atoms with Gasteiger partial charge in [-0.25, -0.2) is 22.4 Å². The maximum atomic E-state index is 4.96. The predicted molar refractivity (Wildman–Crippen MR) is 75.3 cm³/mol. The molecule has 0 aliphatic rings. The molecule has 0 heterocycles. The average Bonchev–Trinajstić information content (AvgIpc) is 1.62. The molecule has 62 valence electrons. The van der Waals surface area contributed by atoms with E-state index in [0.717, 1.165) is 0 Å². The van der Waals surface area contributed by atoms with Crippen molar-refractivity contribution in [1.29, 1.82) is 0 Å². The largest absolute Gasteiger partial charge is 0.271 e. The van der Waals surface area contributed by atoms with E-state index in [0.29, 0.717) is 0 Å². The molecule has 0 rings (SSSR count). The first-order valence-corrected chi connectivity index (χ1v) is 13.6. The van der Waals surface area contributed by atoms with E-state index in [1.807, 2.05) is 0 Å². The topological polar surface area (TPSA) is 0 Å². The highest BCUT2D eigenvalue weighted by atomic mass is 34.1. The maximum absolute atomic E-state index is 4.96. The Balaban J connectivity index is 5.68. The first-order chi connectivity index (χ1) is 4.19. The summed E-state index contributed by atoms with van der Waals surface area (Å²) >= 11 is 33.2. The Morgan fingerprint density at radius 1 is 1.00 bits per heavy atom. The quantitative estimate of drug-likeness (QED) is 0.440. The fourth-order valence-corrected chi connectivity index (χ4v) is 17.1. The molecule has 0 N–H and O–H groups in total. The van der Waals surface area contributed by atoms with E-state index in [-0.39, 0.29) is 0 Å². The van der Waals surface area contributed by atoms with Crippen molar-refractivity contribution in [2.45, 2.75) is 0 Å². The Morgan fingerprint density at radius 2 is 1.30 bits per heavy atom. The van der Waals surface area contributed by atoms with Crippen LogP contribution in [-0.4, -0.2) is 0 Å². The van der Waals surface area contributed by atoms with Gasteiger partial charge in [-0.15, -0.1) is 0 Å². The van der Waals surface area contributed by atoms with E-state index in [4.69, 9.17) is 67.1 Å². The minimum Gasteiger partial charge on any atom is -0.271 e. The molecule has 0 bridgehead atoms. The summed E-state index contributed by atoms with van der Waals surface area (Å²) in [7, 11) is -0.863. The van der Waals surface area contributed by atoms with Gasteiger partial charge in [0.1, 0.15) is 0 Å². The Morgan fingerprint density at radius 3 is 1.30 bits per heavy atom. The molecule has 0 aliphatic heterocycles. The number of hydrogen-bond acceptors (Lipinski definition) is 7. The van der Waals surface area contributed by atoms with Crippen LogP contribution >= 0.6 is 11.7 Å². The van der Waals surface area contributed by atoms with Crippen LogP contribution in [0.5, 0.6) is 0 Å². The van der Waals surface area contributed by atoms with Crippen molar-refractivity contribution in [2.24, 2.45) is 0 Å². The molecular formula is HS10-. The molecule has 0 saturated heterocycles. The summed E-state index contributed by atoms with van der Waals surface area (Å²) in [6.07, 6.45) is 0. The third kappa shape index (κ3) is 3.23. The summed E-state index contributed by atoms with van der Waals surface area (Å²) in [6.45, 7) is 0. The van der Waals surface area contributed by atoms with Gasteiger partial charge in [-0.2, -0.15) is 0 Å². The fraction of sp³-hybridized carbons (Fsp3) is 0. The molecule has 0 saturated carbocycles. The minimum atomic E-state index is -2.02. The van der Waals surface area contributed by atoms with Crippen molar-refractivity contribution in [1.82, 2.24) is 0 Å². The molecule has 10 heavy (non-hydrogen) atoms. The van der Waals surface area contributed by atoms with E-state index in [1.165, 1.54) is 0 Å². The van der Waals surface area contributed by atoms with E-state index >= 15 is 0 Å². The summed E-state index contributed by atoms with van der Waals surface area (Å²) < 4.78 is 0. The van der Waals surface area contributed by atoms with Gasteiger partial charge in [-0.05, 0) is 27.6 Å². The van der Waals surface area contributed by atoms with Crippen LogP contribution in [0.2, 0.25) is 0 Å². The molecule has 0 aromatic heterocycles. The molecule has 0 aromatic rings. The zero-order chi connectivity index (χ0) is 8.58. The molecule has 0 radical (unpaired) electrons. The standard InChI is InChI=1S/HS10/c1-8(2)10(6,7)9(3,4)5/h(H,3,4,5)/q-1. The van der Waals surface area contributed by atoms with Crippen LogP contribution in [-0.2, 0) is 84.6 Å². The van der Waals surface area contributed by atoms with Crippen molar-refractivity contribution in [3.05, 3.63) is 0 Å². The van der Waals surface area contributed by atoms with Gasteiger partial charge in [0.05, 0.1) is 0 Å². The second-order valence-electron chi connectivity index (χ2n) is 1.04. The lowest BCUT2D eigenvalue weighted by atomic mass is 30.0. The van der Waals surface area contributed by atoms with Gasteiger partial charge in [-0.3, -0.25) is 7.05 Å². The van der Waals surface area contributed by atoms with Crippen LogP contribution in [0.25, 0.3) is 0 Å². The predicted octanol–water partition coefficient (Wildman–Crippen LogP) is 0.359. The van der Waals surface area contributed by atoms with Crippen molar-refractivity contribution < 1.29 is 0 Å². The van der Waals surface area contributed by atoms with Gasteiger partial charge in [0.2, 0.25) is 0 Å². The fourth-order valence-electron chi connectivity index (χ4n) is 0.0702. The van der Waals surface area contributed by atoms with Gasteiger partial charge >= 0.3 is 0 Å². The molecule has 0 spiro atoms. The summed E-state index contributed by atoms with van der Waals surface area (Å²) in [5.74, 6) is 0. The van der Waals surface area contributed by atoms with Crippen LogP contribution in [0.1, 0.15) is 0 Å². The second kappa shape index (κ2) is 4.29. The minimum absolute atomic E-state index is 0.863. The summed E-state index contributed by atoms with van der Waals surface area (Å²) in [4.78, 5) is 0. The third-order valence-corrected chi connectivity index (χ3v) is 34.4. The third-order valence-electron chi connectivity index (χ3n) is 0.425. The van der Waals surface area contributed by atoms with Crippen molar-refractivity contribution >= 4 is 96.3 Å². The van der Waals surface area contributed by atoms with E-state index < -0.39 is 17.5 Å². The van der Waals surface area contributed by atoms with Crippen molar-refractivity contribution in [3.63, 3.8) is 0 Å². The first kappa shape index (κ1) is 12.7. The highest BCUT2D eigenvalue weighted by Crippen LogP contribution is 2.12. The molecule has 0 unspecified atom stereocenters. The molecule has 0 fully saturated rings. The average molecular weight is 322 g/mol. The van der Waals surface area contributed by atoms with Gasteiger partial charge in [0.25, 0.3) is 0 Å². The first-order valence-electron chi connectivity index (χ1n) is 1.52. The zero-order valence-corrected chi connectivity index (χ0v) is 12.4. The monoisotopic (exact) mass is 321 g/mol. The molecule has 0 amide bonds. The lowest BCUT2D eigenvalue weighted by molar-refractivity contribution is 5.33. The van der Waals surface area contributed by atoms with Crippen LogP contribution in [0.3, 0.4) is 0 Å². The van der Waals surface area contributed by atoms with E-state index in [2.05, 4.69) is 11.7 Å². The highest BCUT2D eigenvalue weighted by Gasteiger charge is 1.98. The van der Waals surface area contributed by atoms with Gasteiger partial charge in [-0.1, -0.05) is 39.2 Å². The zero-order valence-electron chi connectivity index (χ0n) is 4.12. The molecule has 0 aliphatic carbocycles. The number of hydrogen-bond donors (Lipinski definition) is 1. The van der Waals surface area contributed by atoms with E-state index in [9.17, 15) is 0 Å². The highest BCUT2D eigenvalue weighted by molar-refractivity contribution is 9.44. The van der Waals surface area contributed by atoms with Crippen LogP contribution < -0.4 is 0 Å². The van der Waals surface area contributed by atoms with Gasteiger partial charge in [0.15, 0.2) is 0 Å². The van der Waals surface area contributed by atoms with Crippen molar-refractivity contribution in [2.75, 3.05) is 0 Å². The van der Waals surface area contributed by atoms with Crippen LogP contribution in [0.4, 0.5) is 0 Å². The number of thiol groups is 1. The summed E-state index contributed by atoms with van der Waals surface area (Å²) in [5.41, 5.74) is 0.